The number of hydrogen-bond acceptors (Lipinski definition) is 4. The topological polar surface area (TPSA) is 58.4 Å². The first kappa shape index (κ1) is 16.4. The van der Waals surface area contributed by atoms with Crippen LogP contribution < -0.4 is 10.2 Å². The molecule has 1 fully saturated rings. The molecule has 0 radical (unpaired) electrons. The van der Waals surface area contributed by atoms with Crippen LogP contribution in [0.4, 0.5) is 5.82 Å². The minimum Gasteiger partial charge on any atom is -0.457 e. The molecule has 1 aliphatic heterocycles. The standard InChI is InChI=1S/C21H21N3O2/c25-21(8-7-18-14-17-5-1-2-6-19(17)26-18)23-15-16-9-10-22-20(13-16)24-11-3-4-12-24/h1-2,5-10,13-14H,3-4,11-12,15H2,(H,23,25)/b8-7+. The molecule has 1 aliphatic rings. The predicted octanol–water partition coefficient (Wildman–Crippen LogP) is 3.76. The van der Waals surface area contributed by atoms with Crippen molar-refractivity contribution in [2.75, 3.05) is 18.0 Å². The Bertz CT molecular complexity index is 906. The van der Waals surface area contributed by atoms with Gasteiger partial charge in [0.25, 0.3) is 0 Å². The van der Waals surface area contributed by atoms with Crippen LogP contribution in [0.25, 0.3) is 17.0 Å². The second-order valence-electron chi connectivity index (χ2n) is 6.45. The van der Waals surface area contributed by atoms with E-state index in [-0.39, 0.29) is 5.91 Å². The number of aromatic nitrogens is 1. The first-order valence-electron chi connectivity index (χ1n) is 8.92. The molecule has 0 saturated carbocycles. The van der Waals surface area contributed by atoms with Crippen molar-refractivity contribution in [2.24, 2.45) is 0 Å². The van der Waals surface area contributed by atoms with Gasteiger partial charge in [0.2, 0.25) is 5.91 Å². The van der Waals surface area contributed by atoms with Gasteiger partial charge in [-0.25, -0.2) is 4.98 Å². The highest BCUT2D eigenvalue weighted by Crippen LogP contribution is 2.20. The Hall–Kier alpha value is -3.08. The zero-order valence-electron chi connectivity index (χ0n) is 14.5. The quantitative estimate of drug-likeness (QED) is 0.714. The highest BCUT2D eigenvalue weighted by molar-refractivity contribution is 5.92. The number of para-hydroxylation sites is 1. The average molecular weight is 347 g/mol. The molecule has 3 aromatic rings. The molecule has 0 spiro atoms. The fourth-order valence-electron chi connectivity index (χ4n) is 3.18. The number of anilines is 1. The molecule has 3 heterocycles. The summed E-state index contributed by atoms with van der Waals surface area (Å²) < 4.78 is 5.67. The number of pyridine rings is 1. The number of nitrogens with one attached hydrogen (secondary N) is 1. The lowest BCUT2D eigenvalue weighted by Gasteiger charge is -2.16. The summed E-state index contributed by atoms with van der Waals surface area (Å²) in [6.07, 6.45) is 7.43. The highest BCUT2D eigenvalue weighted by Gasteiger charge is 2.13. The fraction of sp³-hybridized carbons (Fsp3) is 0.238. The molecule has 0 bridgehead atoms. The van der Waals surface area contributed by atoms with Gasteiger partial charge in [0.15, 0.2) is 0 Å². The minimum atomic E-state index is -0.148. The summed E-state index contributed by atoms with van der Waals surface area (Å²) in [7, 11) is 0. The van der Waals surface area contributed by atoms with Gasteiger partial charge in [-0.05, 0) is 48.7 Å². The van der Waals surface area contributed by atoms with E-state index in [4.69, 9.17) is 4.42 Å². The lowest BCUT2D eigenvalue weighted by Crippen LogP contribution is -2.22. The number of carbonyl (C=O) groups excluding carboxylic acids is 1. The largest absolute Gasteiger partial charge is 0.457 e. The van der Waals surface area contributed by atoms with Crippen LogP contribution in [0, 0.1) is 0 Å². The van der Waals surface area contributed by atoms with Crippen molar-refractivity contribution in [1.82, 2.24) is 10.3 Å². The van der Waals surface area contributed by atoms with E-state index < -0.39 is 0 Å². The van der Waals surface area contributed by atoms with Crippen molar-refractivity contribution in [3.05, 3.63) is 66.1 Å². The molecule has 2 aromatic heterocycles. The Morgan fingerprint density at radius 3 is 2.88 bits per heavy atom. The predicted molar refractivity (Wildman–Crippen MR) is 103 cm³/mol. The lowest BCUT2D eigenvalue weighted by atomic mass is 10.2. The van der Waals surface area contributed by atoms with E-state index in [1.807, 2.05) is 36.4 Å². The number of furan rings is 1. The maximum Gasteiger partial charge on any atom is 0.244 e. The number of carbonyl (C=O) groups is 1. The molecule has 5 heteroatoms. The van der Waals surface area contributed by atoms with Crippen molar-refractivity contribution >= 4 is 28.8 Å². The van der Waals surface area contributed by atoms with Crippen molar-refractivity contribution in [2.45, 2.75) is 19.4 Å². The Balaban J connectivity index is 1.35. The van der Waals surface area contributed by atoms with Crippen LogP contribution in [0.3, 0.4) is 0 Å². The monoisotopic (exact) mass is 347 g/mol. The van der Waals surface area contributed by atoms with Crippen LogP contribution in [0.1, 0.15) is 24.2 Å². The summed E-state index contributed by atoms with van der Waals surface area (Å²) >= 11 is 0. The Morgan fingerprint density at radius 1 is 1.19 bits per heavy atom. The summed E-state index contributed by atoms with van der Waals surface area (Å²) in [6, 6.07) is 13.7. The van der Waals surface area contributed by atoms with Gasteiger partial charge in [0.1, 0.15) is 17.2 Å². The molecule has 0 atom stereocenters. The summed E-state index contributed by atoms with van der Waals surface area (Å²) in [4.78, 5) is 18.8. The van der Waals surface area contributed by atoms with E-state index in [0.29, 0.717) is 12.3 Å². The lowest BCUT2D eigenvalue weighted by molar-refractivity contribution is -0.116. The molecule has 1 N–H and O–H groups in total. The van der Waals surface area contributed by atoms with Crippen LogP contribution in [0.2, 0.25) is 0 Å². The third-order valence-corrected chi connectivity index (χ3v) is 4.55. The molecule has 5 nitrogen and oxygen atoms in total. The molecule has 1 amide bonds. The number of nitrogens with zero attached hydrogens (tertiary/aromatic N) is 2. The molecule has 4 rings (SSSR count). The summed E-state index contributed by atoms with van der Waals surface area (Å²) in [5.41, 5.74) is 1.87. The van der Waals surface area contributed by atoms with Gasteiger partial charge in [0, 0.05) is 37.3 Å². The zero-order valence-corrected chi connectivity index (χ0v) is 14.5. The van der Waals surface area contributed by atoms with Crippen LogP contribution in [0.15, 0.2) is 59.2 Å². The van der Waals surface area contributed by atoms with Crippen molar-refractivity contribution in [3.8, 4) is 0 Å². The number of amides is 1. The van der Waals surface area contributed by atoms with Crippen LogP contribution >= 0.6 is 0 Å². The van der Waals surface area contributed by atoms with E-state index in [1.165, 1.54) is 18.9 Å². The van der Waals surface area contributed by atoms with Crippen LogP contribution in [-0.4, -0.2) is 24.0 Å². The average Bonchev–Trinajstić information content (AvgIpc) is 3.34. The maximum atomic E-state index is 12.1. The second kappa shape index (κ2) is 7.44. The maximum absolute atomic E-state index is 12.1. The van der Waals surface area contributed by atoms with Gasteiger partial charge in [-0.1, -0.05) is 18.2 Å². The highest BCUT2D eigenvalue weighted by atomic mass is 16.3. The van der Waals surface area contributed by atoms with Crippen molar-refractivity contribution in [1.29, 1.82) is 0 Å². The fourth-order valence-corrected chi connectivity index (χ4v) is 3.18. The smallest absolute Gasteiger partial charge is 0.244 e. The molecule has 0 aliphatic carbocycles. The normalized spacial score (nSPS) is 14.4. The van der Waals surface area contributed by atoms with Gasteiger partial charge in [0.05, 0.1) is 0 Å². The van der Waals surface area contributed by atoms with Gasteiger partial charge in [-0.2, -0.15) is 0 Å². The molecule has 26 heavy (non-hydrogen) atoms. The van der Waals surface area contributed by atoms with Gasteiger partial charge in [-0.3, -0.25) is 4.79 Å². The van der Waals surface area contributed by atoms with E-state index in [2.05, 4.69) is 21.3 Å². The van der Waals surface area contributed by atoms with Crippen molar-refractivity contribution in [3.63, 3.8) is 0 Å². The number of fused-ring (bicyclic) bond motifs is 1. The summed E-state index contributed by atoms with van der Waals surface area (Å²) in [5, 5.41) is 3.93. The Kier molecular flexibility index (Phi) is 4.69. The Labute approximate surface area is 152 Å². The number of rotatable bonds is 5. The Morgan fingerprint density at radius 2 is 2.04 bits per heavy atom. The molecule has 0 unspecified atom stereocenters. The SMILES string of the molecule is O=C(/C=C/c1cc2ccccc2o1)NCc1ccnc(N2CCCC2)c1. The molecular weight excluding hydrogens is 326 g/mol. The van der Waals surface area contributed by atoms with E-state index in [1.54, 1.807) is 12.3 Å². The third kappa shape index (κ3) is 3.77. The van der Waals surface area contributed by atoms with E-state index in [9.17, 15) is 4.79 Å². The zero-order chi connectivity index (χ0) is 17.8. The molecular formula is C21H21N3O2. The number of hydrogen-bond donors (Lipinski definition) is 1. The van der Waals surface area contributed by atoms with Crippen molar-refractivity contribution < 1.29 is 9.21 Å². The van der Waals surface area contributed by atoms with Gasteiger partial charge < -0.3 is 14.6 Å². The van der Waals surface area contributed by atoms with Crippen LogP contribution in [0.5, 0.6) is 0 Å². The minimum absolute atomic E-state index is 0.148. The molecule has 1 saturated heterocycles. The first-order chi connectivity index (χ1) is 12.8. The second-order valence-corrected chi connectivity index (χ2v) is 6.45. The van der Waals surface area contributed by atoms with Crippen LogP contribution in [-0.2, 0) is 11.3 Å². The van der Waals surface area contributed by atoms with E-state index in [0.717, 1.165) is 35.4 Å². The van der Waals surface area contributed by atoms with E-state index >= 15 is 0 Å². The number of benzene rings is 1. The molecule has 132 valence electrons. The molecule has 1 aromatic carbocycles. The summed E-state index contributed by atoms with van der Waals surface area (Å²) in [5.74, 6) is 1.51. The van der Waals surface area contributed by atoms with Gasteiger partial charge >= 0.3 is 0 Å². The van der Waals surface area contributed by atoms with Gasteiger partial charge in [-0.15, -0.1) is 0 Å². The third-order valence-electron chi connectivity index (χ3n) is 4.55. The summed E-state index contributed by atoms with van der Waals surface area (Å²) in [6.45, 7) is 2.60. The first-order valence-corrected chi connectivity index (χ1v) is 8.92.